The van der Waals surface area contributed by atoms with Gasteiger partial charge in [-0.15, -0.1) is 0 Å². The highest BCUT2D eigenvalue weighted by atomic mass is 16.1. The molecule has 1 unspecified atom stereocenters. The Morgan fingerprint density at radius 1 is 1.39 bits per heavy atom. The van der Waals surface area contributed by atoms with Gasteiger partial charge in [0.15, 0.2) is 5.78 Å². The third-order valence-electron chi connectivity index (χ3n) is 3.30. The van der Waals surface area contributed by atoms with Gasteiger partial charge in [-0.05, 0) is 38.3 Å². The van der Waals surface area contributed by atoms with Crippen molar-refractivity contribution < 1.29 is 9.59 Å². The van der Waals surface area contributed by atoms with Crippen molar-refractivity contribution in [1.29, 1.82) is 0 Å². The summed E-state index contributed by atoms with van der Waals surface area (Å²) >= 11 is 0. The molecule has 0 radical (unpaired) electrons. The summed E-state index contributed by atoms with van der Waals surface area (Å²) < 4.78 is 0. The Labute approximate surface area is 106 Å². The average molecular weight is 247 g/mol. The monoisotopic (exact) mass is 247 g/mol. The van der Waals surface area contributed by atoms with Crippen molar-refractivity contribution in [3.8, 4) is 0 Å². The Balaban J connectivity index is 2.23. The lowest BCUT2D eigenvalue weighted by Gasteiger charge is -2.35. The van der Waals surface area contributed by atoms with Gasteiger partial charge in [-0.3, -0.25) is 9.59 Å². The molecule has 0 bridgehead atoms. The molecule has 5 heteroatoms. The molecule has 2 heterocycles. The second kappa shape index (κ2) is 5.16. The molecular formula is C13H17N3O2. The molecule has 1 aliphatic rings. The van der Waals surface area contributed by atoms with Gasteiger partial charge in [0.05, 0.1) is 11.6 Å². The van der Waals surface area contributed by atoms with E-state index in [1.54, 1.807) is 19.1 Å². The minimum absolute atomic E-state index is 0.0920. The molecular weight excluding hydrogens is 230 g/mol. The van der Waals surface area contributed by atoms with E-state index in [4.69, 9.17) is 5.73 Å². The molecule has 1 aliphatic heterocycles. The first kappa shape index (κ1) is 12.5. The van der Waals surface area contributed by atoms with Gasteiger partial charge in [0.25, 0.3) is 0 Å². The van der Waals surface area contributed by atoms with Crippen molar-refractivity contribution in [2.45, 2.75) is 32.2 Å². The number of piperidine rings is 1. The summed E-state index contributed by atoms with van der Waals surface area (Å²) in [5, 5.41) is 0. The van der Waals surface area contributed by atoms with Crippen molar-refractivity contribution in [3.63, 3.8) is 0 Å². The van der Waals surface area contributed by atoms with Crippen molar-refractivity contribution >= 4 is 17.5 Å². The summed E-state index contributed by atoms with van der Waals surface area (Å²) in [7, 11) is 0. The van der Waals surface area contributed by atoms with Crippen LogP contribution in [0.15, 0.2) is 18.3 Å². The van der Waals surface area contributed by atoms with Crippen LogP contribution in [0, 0.1) is 0 Å². The largest absolute Gasteiger partial charge is 0.366 e. The van der Waals surface area contributed by atoms with Gasteiger partial charge >= 0.3 is 0 Å². The summed E-state index contributed by atoms with van der Waals surface area (Å²) in [6.45, 7) is 2.44. The van der Waals surface area contributed by atoms with E-state index in [1.165, 1.54) is 6.20 Å². The Hall–Kier alpha value is -1.91. The molecule has 0 spiro atoms. The molecule has 96 valence electrons. The van der Waals surface area contributed by atoms with Gasteiger partial charge in [0, 0.05) is 12.7 Å². The van der Waals surface area contributed by atoms with E-state index in [1.807, 2.05) is 4.90 Å². The molecule has 2 N–H and O–H groups in total. The van der Waals surface area contributed by atoms with Gasteiger partial charge in [-0.1, -0.05) is 0 Å². The number of amides is 1. The minimum Gasteiger partial charge on any atom is -0.366 e. The van der Waals surface area contributed by atoms with Gasteiger partial charge in [-0.2, -0.15) is 0 Å². The SMILES string of the molecule is CC(=O)C1CCCCN1c1ccc(C(N)=O)cn1. The number of carbonyl (C=O) groups is 2. The first-order valence-electron chi connectivity index (χ1n) is 6.12. The van der Waals surface area contributed by atoms with Gasteiger partial charge < -0.3 is 10.6 Å². The second-order valence-electron chi connectivity index (χ2n) is 4.58. The standard InChI is InChI=1S/C13H17N3O2/c1-9(17)11-4-2-3-7-16(11)12-6-5-10(8-15-12)13(14)18/h5-6,8,11H,2-4,7H2,1H3,(H2,14,18). The lowest BCUT2D eigenvalue weighted by atomic mass is 9.99. The van der Waals surface area contributed by atoms with E-state index >= 15 is 0 Å². The molecule has 2 rings (SSSR count). The number of aromatic nitrogens is 1. The van der Waals surface area contributed by atoms with Gasteiger partial charge in [0.2, 0.25) is 5.91 Å². The quantitative estimate of drug-likeness (QED) is 0.868. The van der Waals surface area contributed by atoms with Crippen molar-refractivity contribution in [2.24, 2.45) is 5.73 Å². The highest BCUT2D eigenvalue weighted by Gasteiger charge is 2.26. The summed E-state index contributed by atoms with van der Waals surface area (Å²) in [6.07, 6.45) is 4.46. The maximum absolute atomic E-state index is 11.6. The summed E-state index contributed by atoms with van der Waals surface area (Å²) in [4.78, 5) is 28.8. The van der Waals surface area contributed by atoms with Crippen molar-refractivity contribution in [3.05, 3.63) is 23.9 Å². The number of pyridine rings is 1. The lowest BCUT2D eigenvalue weighted by Crippen LogP contribution is -2.44. The molecule has 1 fully saturated rings. The summed E-state index contributed by atoms with van der Waals surface area (Å²) in [6, 6.07) is 3.31. The van der Waals surface area contributed by atoms with Gasteiger partial charge in [-0.25, -0.2) is 4.98 Å². The molecule has 0 aliphatic carbocycles. The predicted molar refractivity (Wildman–Crippen MR) is 68.4 cm³/mol. The smallest absolute Gasteiger partial charge is 0.250 e. The van der Waals surface area contributed by atoms with Gasteiger partial charge in [0.1, 0.15) is 5.82 Å². The fourth-order valence-corrected chi connectivity index (χ4v) is 2.33. The van der Waals surface area contributed by atoms with Crippen LogP contribution in [0.3, 0.4) is 0 Å². The number of hydrogen-bond donors (Lipinski definition) is 1. The third-order valence-corrected chi connectivity index (χ3v) is 3.30. The molecule has 1 saturated heterocycles. The topological polar surface area (TPSA) is 76.3 Å². The highest BCUT2D eigenvalue weighted by molar-refractivity contribution is 5.92. The molecule has 1 aromatic heterocycles. The first-order chi connectivity index (χ1) is 8.59. The second-order valence-corrected chi connectivity index (χ2v) is 4.58. The van der Waals surface area contributed by atoms with E-state index in [0.717, 1.165) is 31.6 Å². The molecule has 18 heavy (non-hydrogen) atoms. The zero-order valence-electron chi connectivity index (χ0n) is 10.4. The van der Waals surface area contributed by atoms with Crippen LogP contribution in [0.5, 0.6) is 0 Å². The number of ketones is 1. The van der Waals surface area contributed by atoms with Crippen LogP contribution in [0.1, 0.15) is 36.5 Å². The zero-order valence-corrected chi connectivity index (χ0v) is 10.4. The number of carbonyl (C=O) groups excluding carboxylic acids is 2. The molecule has 1 amide bonds. The summed E-state index contributed by atoms with van der Waals surface area (Å²) in [5.41, 5.74) is 5.56. The van der Waals surface area contributed by atoms with E-state index in [2.05, 4.69) is 4.98 Å². The molecule has 0 saturated carbocycles. The number of anilines is 1. The van der Waals surface area contributed by atoms with E-state index < -0.39 is 5.91 Å². The summed E-state index contributed by atoms with van der Waals surface area (Å²) in [5.74, 6) is 0.409. The lowest BCUT2D eigenvalue weighted by molar-refractivity contribution is -0.118. The minimum atomic E-state index is -0.490. The van der Waals surface area contributed by atoms with E-state index in [0.29, 0.717) is 5.56 Å². The number of hydrogen-bond acceptors (Lipinski definition) is 4. The number of primary amides is 1. The number of nitrogens with two attached hydrogens (primary N) is 1. The zero-order chi connectivity index (χ0) is 13.1. The fraction of sp³-hybridized carbons (Fsp3) is 0.462. The van der Waals surface area contributed by atoms with Crippen molar-refractivity contribution in [2.75, 3.05) is 11.4 Å². The maximum Gasteiger partial charge on any atom is 0.250 e. The van der Waals surface area contributed by atoms with Crippen LogP contribution < -0.4 is 10.6 Å². The Kier molecular flexibility index (Phi) is 3.60. The van der Waals surface area contributed by atoms with Crippen LogP contribution in [-0.4, -0.2) is 29.3 Å². The highest BCUT2D eigenvalue weighted by Crippen LogP contribution is 2.23. The molecule has 0 aromatic carbocycles. The van der Waals surface area contributed by atoms with E-state index in [-0.39, 0.29) is 11.8 Å². The Morgan fingerprint density at radius 3 is 2.72 bits per heavy atom. The van der Waals surface area contributed by atoms with Crippen LogP contribution >= 0.6 is 0 Å². The molecule has 5 nitrogen and oxygen atoms in total. The van der Waals surface area contributed by atoms with Crippen LogP contribution in [-0.2, 0) is 4.79 Å². The van der Waals surface area contributed by atoms with Crippen molar-refractivity contribution in [1.82, 2.24) is 4.98 Å². The van der Waals surface area contributed by atoms with Crippen LogP contribution in [0.25, 0.3) is 0 Å². The molecule has 1 atom stereocenters. The predicted octanol–water partition coefficient (Wildman–Crippen LogP) is 1.13. The fourth-order valence-electron chi connectivity index (χ4n) is 2.33. The number of rotatable bonds is 3. The average Bonchev–Trinajstić information content (AvgIpc) is 2.39. The first-order valence-corrected chi connectivity index (χ1v) is 6.12. The molecule has 1 aromatic rings. The van der Waals surface area contributed by atoms with Crippen LogP contribution in [0.2, 0.25) is 0 Å². The van der Waals surface area contributed by atoms with E-state index in [9.17, 15) is 9.59 Å². The number of nitrogens with zero attached hydrogens (tertiary/aromatic N) is 2. The maximum atomic E-state index is 11.6. The Bertz CT molecular complexity index is 456. The Morgan fingerprint density at radius 2 is 2.17 bits per heavy atom. The third kappa shape index (κ3) is 2.50. The normalized spacial score (nSPS) is 19.6. The number of Topliss-reactive ketones (excluding diaryl/α,β-unsaturated/α-hetero) is 1. The van der Waals surface area contributed by atoms with Crippen LogP contribution in [0.4, 0.5) is 5.82 Å².